The predicted molar refractivity (Wildman–Crippen MR) is 112 cm³/mol. The molecular formula is C21H25F3N2O5S. The van der Waals surface area contributed by atoms with Crippen LogP contribution in [0.3, 0.4) is 0 Å². The molecule has 11 heteroatoms. The number of nitrogens with zero attached hydrogens (tertiary/aromatic N) is 1. The zero-order chi connectivity index (χ0) is 23.9. The van der Waals surface area contributed by atoms with Crippen LogP contribution in [-0.2, 0) is 27.6 Å². The zero-order valence-corrected chi connectivity index (χ0v) is 18.7. The van der Waals surface area contributed by atoms with Crippen LogP contribution >= 0.6 is 0 Å². The highest BCUT2D eigenvalue weighted by Gasteiger charge is 2.32. The first kappa shape index (κ1) is 25.5. The molecule has 0 radical (unpaired) electrons. The predicted octanol–water partition coefficient (Wildman–Crippen LogP) is 4.04. The molecule has 0 bridgehead atoms. The van der Waals surface area contributed by atoms with Gasteiger partial charge in [-0.3, -0.25) is 0 Å². The Bertz CT molecular complexity index is 1030. The second-order valence-corrected chi connectivity index (χ2v) is 8.74. The highest BCUT2D eigenvalue weighted by molar-refractivity contribution is 7.87. The molecule has 0 saturated carbocycles. The van der Waals surface area contributed by atoms with Crippen molar-refractivity contribution in [3.05, 3.63) is 59.7 Å². The molecule has 2 rings (SSSR count). The van der Waals surface area contributed by atoms with Crippen molar-refractivity contribution in [2.45, 2.75) is 37.5 Å². The summed E-state index contributed by atoms with van der Waals surface area (Å²) in [5.41, 5.74) is -0.746. The highest BCUT2D eigenvalue weighted by atomic mass is 32.2. The van der Waals surface area contributed by atoms with Crippen LogP contribution in [0.15, 0.2) is 53.4 Å². The lowest BCUT2D eigenvalue weighted by Crippen LogP contribution is -2.44. The number of carbonyl (C=O) groups excluding carboxylic acids is 1. The van der Waals surface area contributed by atoms with E-state index in [0.717, 1.165) is 18.2 Å². The fourth-order valence-corrected chi connectivity index (χ4v) is 3.72. The minimum atomic E-state index is -4.70. The SMILES string of the molecule is COCCN(Cc1ccccc1OS(=O)(=O)c1cccc(C(F)(F)F)c1)C(=O)NC(C)C. The number of benzene rings is 2. The summed E-state index contributed by atoms with van der Waals surface area (Å²) in [5, 5.41) is 2.75. The molecule has 176 valence electrons. The third-order valence-corrected chi connectivity index (χ3v) is 5.48. The Morgan fingerprint density at radius 3 is 2.44 bits per heavy atom. The molecule has 2 aromatic rings. The number of hydrogen-bond acceptors (Lipinski definition) is 5. The topological polar surface area (TPSA) is 84.9 Å². The van der Waals surface area contributed by atoms with Gasteiger partial charge in [0.25, 0.3) is 0 Å². The molecule has 0 fully saturated rings. The number of alkyl halides is 3. The molecule has 0 aliphatic carbocycles. The molecule has 1 N–H and O–H groups in total. The van der Waals surface area contributed by atoms with Gasteiger partial charge in [0.15, 0.2) is 0 Å². The summed E-state index contributed by atoms with van der Waals surface area (Å²) in [4.78, 5) is 13.3. The Balaban J connectivity index is 2.32. The zero-order valence-electron chi connectivity index (χ0n) is 17.8. The molecule has 0 heterocycles. The Morgan fingerprint density at radius 2 is 1.81 bits per heavy atom. The van der Waals surface area contributed by atoms with E-state index in [1.165, 1.54) is 24.1 Å². The molecule has 0 aliphatic rings. The Kier molecular flexibility index (Phi) is 8.51. The van der Waals surface area contributed by atoms with Crippen LogP contribution in [0.25, 0.3) is 0 Å². The van der Waals surface area contributed by atoms with Crippen molar-refractivity contribution in [1.82, 2.24) is 10.2 Å². The monoisotopic (exact) mass is 474 g/mol. The van der Waals surface area contributed by atoms with Gasteiger partial charge in [0.1, 0.15) is 10.6 Å². The minimum Gasteiger partial charge on any atom is -0.383 e. The summed E-state index contributed by atoms with van der Waals surface area (Å²) in [6.45, 7) is 4.06. The molecule has 0 unspecified atom stereocenters. The molecule has 2 amide bonds. The quantitative estimate of drug-likeness (QED) is 0.555. The van der Waals surface area contributed by atoms with Crippen molar-refractivity contribution in [3.63, 3.8) is 0 Å². The Labute approximate surface area is 185 Å². The van der Waals surface area contributed by atoms with Gasteiger partial charge in [0.2, 0.25) is 0 Å². The van der Waals surface area contributed by atoms with Crippen molar-refractivity contribution in [2.24, 2.45) is 0 Å². The second kappa shape index (κ2) is 10.7. The number of carbonyl (C=O) groups is 1. The van der Waals surface area contributed by atoms with Crippen molar-refractivity contribution < 1.29 is 35.3 Å². The molecule has 0 spiro atoms. The number of halogens is 3. The lowest BCUT2D eigenvalue weighted by molar-refractivity contribution is -0.137. The van der Waals surface area contributed by atoms with E-state index in [2.05, 4.69) is 5.32 Å². The van der Waals surface area contributed by atoms with Gasteiger partial charge in [-0.2, -0.15) is 21.6 Å². The largest absolute Gasteiger partial charge is 0.416 e. The number of amides is 2. The molecule has 2 aromatic carbocycles. The summed E-state index contributed by atoms with van der Waals surface area (Å²) < 4.78 is 74.4. The summed E-state index contributed by atoms with van der Waals surface area (Å²) in [7, 11) is -3.07. The van der Waals surface area contributed by atoms with E-state index in [9.17, 15) is 26.4 Å². The molecular weight excluding hydrogens is 449 g/mol. The fraction of sp³-hybridized carbons (Fsp3) is 0.381. The fourth-order valence-electron chi connectivity index (χ4n) is 2.71. The Hall–Kier alpha value is -2.79. The highest BCUT2D eigenvalue weighted by Crippen LogP contribution is 2.31. The van der Waals surface area contributed by atoms with E-state index in [0.29, 0.717) is 11.6 Å². The van der Waals surface area contributed by atoms with Gasteiger partial charge >= 0.3 is 22.3 Å². The number of para-hydroxylation sites is 1. The molecule has 0 atom stereocenters. The van der Waals surface area contributed by atoms with Crippen molar-refractivity contribution >= 4 is 16.1 Å². The third kappa shape index (κ3) is 7.13. The average molecular weight is 475 g/mol. The van der Waals surface area contributed by atoms with Gasteiger partial charge in [-0.05, 0) is 38.1 Å². The molecule has 0 saturated heterocycles. The molecule has 0 aromatic heterocycles. The maximum Gasteiger partial charge on any atom is 0.416 e. The average Bonchev–Trinajstić information content (AvgIpc) is 2.71. The summed E-state index contributed by atoms with van der Waals surface area (Å²) in [6.07, 6.45) is -4.70. The first-order chi connectivity index (χ1) is 14.9. The lowest BCUT2D eigenvalue weighted by Gasteiger charge is -2.25. The maximum absolute atomic E-state index is 13.0. The van der Waals surface area contributed by atoms with E-state index < -0.39 is 26.8 Å². The van der Waals surface area contributed by atoms with Crippen molar-refractivity contribution in [1.29, 1.82) is 0 Å². The standard InChI is InChI=1S/C21H25F3N2O5S/c1-15(2)25-20(27)26(11-12-30-3)14-16-7-4-5-10-19(16)31-32(28,29)18-9-6-8-17(13-18)21(22,23)24/h4-10,13,15H,11-12,14H2,1-3H3,(H,25,27). The van der Waals surface area contributed by atoms with Crippen LogP contribution in [0, 0.1) is 0 Å². The van der Waals surface area contributed by atoms with Gasteiger partial charge in [-0.15, -0.1) is 0 Å². The number of nitrogens with one attached hydrogen (secondary N) is 1. The van der Waals surface area contributed by atoms with E-state index >= 15 is 0 Å². The summed E-state index contributed by atoms with van der Waals surface area (Å²) in [6, 6.07) is 8.89. The van der Waals surface area contributed by atoms with Crippen LogP contribution in [0.4, 0.5) is 18.0 Å². The summed E-state index contributed by atoms with van der Waals surface area (Å²) in [5.74, 6) is -0.0929. The number of methoxy groups -OCH3 is 1. The van der Waals surface area contributed by atoms with E-state index in [4.69, 9.17) is 8.92 Å². The number of urea groups is 1. The van der Waals surface area contributed by atoms with Crippen LogP contribution in [-0.4, -0.2) is 45.7 Å². The van der Waals surface area contributed by atoms with E-state index in [-0.39, 0.29) is 37.5 Å². The number of rotatable bonds is 9. The molecule has 32 heavy (non-hydrogen) atoms. The van der Waals surface area contributed by atoms with Gasteiger partial charge < -0.3 is 19.1 Å². The minimum absolute atomic E-state index is 0.00377. The van der Waals surface area contributed by atoms with Crippen molar-refractivity contribution in [3.8, 4) is 5.75 Å². The second-order valence-electron chi connectivity index (χ2n) is 7.19. The van der Waals surface area contributed by atoms with Gasteiger partial charge in [-0.25, -0.2) is 4.79 Å². The van der Waals surface area contributed by atoms with Crippen LogP contribution in [0.5, 0.6) is 5.75 Å². The number of ether oxygens (including phenoxy) is 1. The van der Waals surface area contributed by atoms with Gasteiger partial charge in [-0.1, -0.05) is 24.3 Å². The molecule has 0 aliphatic heterocycles. The van der Waals surface area contributed by atoms with Gasteiger partial charge in [0, 0.05) is 25.3 Å². The first-order valence-electron chi connectivity index (χ1n) is 9.68. The summed E-state index contributed by atoms with van der Waals surface area (Å²) >= 11 is 0. The lowest BCUT2D eigenvalue weighted by atomic mass is 10.2. The number of hydrogen-bond donors (Lipinski definition) is 1. The maximum atomic E-state index is 13.0. The Morgan fingerprint density at radius 1 is 1.12 bits per heavy atom. The van der Waals surface area contributed by atoms with Crippen LogP contribution in [0.2, 0.25) is 0 Å². The third-order valence-electron chi connectivity index (χ3n) is 4.25. The first-order valence-corrected chi connectivity index (χ1v) is 11.1. The van der Waals surface area contributed by atoms with Gasteiger partial charge in [0.05, 0.1) is 18.7 Å². The van der Waals surface area contributed by atoms with Crippen molar-refractivity contribution in [2.75, 3.05) is 20.3 Å². The van der Waals surface area contributed by atoms with E-state index in [1.807, 2.05) is 0 Å². The van der Waals surface area contributed by atoms with Crippen LogP contribution < -0.4 is 9.50 Å². The smallest absolute Gasteiger partial charge is 0.383 e. The van der Waals surface area contributed by atoms with E-state index in [1.54, 1.807) is 26.0 Å². The van der Waals surface area contributed by atoms with Crippen LogP contribution in [0.1, 0.15) is 25.0 Å². The normalized spacial score (nSPS) is 12.0. The molecule has 7 nitrogen and oxygen atoms in total.